The molecular weight excluding hydrogens is 313 g/mol. The maximum atomic E-state index is 11.9. The molecule has 0 saturated carbocycles. The predicted molar refractivity (Wildman–Crippen MR) is 82.8 cm³/mol. The number of hydrogen-bond acceptors (Lipinski definition) is 3. The minimum absolute atomic E-state index is 0. The summed E-state index contributed by atoms with van der Waals surface area (Å²) >= 11 is 5.77. The molecule has 3 heterocycles. The van der Waals surface area contributed by atoms with Gasteiger partial charge in [0.15, 0.2) is 0 Å². The number of aromatic amines is 1. The molecule has 1 amide bonds. The molecule has 0 unspecified atom stereocenters. The monoisotopic (exact) mass is 329 g/mol. The largest absolute Gasteiger partial charge is 0.356 e. The fraction of sp³-hybridized carbons (Fsp3) is 0.385. The quantitative estimate of drug-likeness (QED) is 0.802. The van der Waals surface area contributed by atoms with Gasteiger partial charge in [0.25, 0.3) is 5.91 Å². The van der Waals surface area contributed by atoms with Crippen molar-refractivity contribution in [3.63, 3.8) is 0 Å². The molecule has 3 N–H and O–H groups in total. The number of fused-ring (bicyclic) bond motifs is 1. The lowest BCUT2D eigenvalue weighted by Gasteiger charge is -2.01. The van der Waals surface area contributed by atoms with Crippen LogP contribution in [0.3, 0.4) is 0 Å². The van der Waals surface area contributed by atoms with Gasteiger partial charge in [0.1, 0.15) is 5.69 Å². The van der Waals surface area contributed by atoms with Crippen molar-refractivity contribution in [1.82, 2.24) is 25.4 Å². The molecule has 0 bridgehead atoms. The number of hydrogen-bond donors (Lipinski definition) is 3. The molecular formula is C13H17Cl2N5O. The van der Waals surface area contributed by atoms with Gasteiger partial charge in [-0.05, 0) is 25.1 Å². The van der Waals surface area contributed by atoms with E-state index in [1.165, 1.54) is 0 Å². The van der Waals surface area contributed by atoms with Gasteiger partial charge in [0, 0.05) is 19.3 Å². The highest BCUT2D eigenvalue weighted by Gasteiger charge is 2.12. The molecule has 0 aromatic carbocycles. The zero-order valence-corrected chi connectivity index (χ0v) is 12.9. The van der Waals surface area contributed by atoms with Gasteiger partial charge in [-0.2, -0.15) is 5.10 Å². The minimum Gasteiger partial charge on any atom is -0.356 e. The summed E-state index contributed by atoms with van der Waals surface area (Å²) in [6.45, 7) is 3.17. The Hall–Kier alpha value is -1.50. The first-order valence-corrected chi connectivity index (χ1v) is 6.98. The maximum absolute atomic E-state index is 11.9. The summed E-state index contributed by atoms with van der Waals surface area (Å²) in [6, 6.07) is 3.63. The van der Waals surface area contributed by atoms with Crippen LogP contribution < -0.4 is 10.6 Å². The van der Waals surface area contributed by atoms with E-state index >= 15 is 0 Å². The van der Waals surface area contributed by atoms with Crippen molar-refractivity contribution in [2.24, 2.45) is 0 Å². The van der Waals surface area contributed by atoms with E-state index in [2.05, 4.69) is 20.7 Å². The van der Waals surface area contributed by atoms with Crippen LogP contribution in [0.5, 0.6) is 0 Å². The lowest BCUT2D eigenvalue weighted by Crippen LogP contribution is -2.23. The number of nitrogens with one attached hydrogen (secondary N) is 3. The molecule has 2 aromatic rings. The van der Waals surface area contributed by atoms with Gasteiger partial charge in [0.05, 0.1) is 23.0 Å². The van der Waals surface area contributed by atoms with Crippen molar-refractivity contribution in [3.05, 3.63) is 40.4 Å². The van der Waals surface area contributed by atoms with E-state index in [0.29, 0.717) is 17.3 Å². The Morgan fingerprint density at radius 2 is 2.33 bits per heavy atom. The van der Waals surface area contributed by atoms with E-state index in [0.717, 1.165) is 37.4 Å². The SMILES string of the molecule is Cl.O=C(NCc1cc2n(n1)CCCNC2)c1cc(Cl)c[nH]1. The summed E-state index contributed by atoms with van der Waals surface area (Å²) < 4.78 is 2.01. The number of aromatic nitrogens is 3. The number of amides is 1. The molecule has 0 fully saturated rings. The van der Waals surface area contributed by atoms with Crippen LogP contribution in [0.4, 0.5) is 0 Å². The number of nitrogens with zero attached hydrogens (tertiary/aromatic N) is 2. The summed E-state index contributed by atoms with van der Waals surface area (Å²) in [5, 5.41) is 11.2. The number of rotatable bonds is 3. The van der Waals surface area contributed by atoms with E-state index in [4.69, 9.17) is 11.6 Å². The summed E-state index contributed by atoms with van der Waals surface area (Å²) in [4.78, 5) is 14.7. The predicted octanol–water partition coefficient (Wildman–Crippen LogP) is 1.71. The molecule has 0 atom stereocenters. The van der Waals surface area contributed by atoms with Crippen LogP contribution in [0.2, 0.25) is 5.02 Å². The van der Waals surface area contributed by atoms with E-state index in [1.54, 1.807) is 12.3 Å². The van der Waals surface area contributed by atoms with E-state index < -0.39 is 0 Å². The number of aryl methyl sites for hydroxylation is 1. The smallest absolute Gasteiger partial charge is 0.268 e. The first-order valence-electron chi connectivity index (χ1n) is 6.61. The third-order valence-electron chi connectivity index (χ3n) is 3.27. The van der Waals surface area contributed by atoms with Gasteiger partial charge < -0.3 is 15.6 Å². The number of carbonyl (C=O) groups is 1. The molecule has 114 valence electrons. The average Bonchev–Trinajstić information content (AvgIpc) is 2.97. The fourth-order valence-corrected chi connectivity index (χ4v) is 2.44. The molecule has 1 aliphatic rings. The molecule has 3 rings (SSSR count). The zero-order chi connectivity index (χ0) is 13.9. The van der Waals surface area contributed by atoms with Crippen LogP contribution in [-0.4, -0.2) is 27.2 Å². The summed E-state index contributed by atoms with van der Waals surface area (Å²) in [7, 11) is 0. The van der Waals surface area contributed by atoms with E-state index in [-0.39, 0.29) is 18.3 Å². The van der Waals surface area contributed by atoms with Gasteiger partial charge in [0.2, 0.25) is 0 Å². The normalized spacial score (nSPS) is 14.0. The first kappa shape index (κ1) is 15.9. The lowest BCUT2D eigenvalue weighted by atomic mass is 10.3. The highest BCUT2D eigenvalue weighted by Crippen LogP contribution is 2.10. The third kappa shape index (κ3) is 3.78. The van der Waals surface area contributed by atoms with Crippen molar-refractivity contribution in [1.29, 1.82) is 0 Å². The minimum atomic E-state index is -0.182. The van der Waals surface area contributed by atoms with Crippen LogP contribution in [0.1, 0.15) is 28.3 Å². The van der Waals surface area contributed by atoms with Gasteiger partial charge in [-0.25, -0.2) is 0 Å². The number of H-pyrrole nitrogens is 1. The molecule has 6 nitrogen and oxygen atoms in total. The Kier molecular flexibility index (Phi) is 5.27. The lowest BCUT2D eigenvalue weighted by molar-refractivity contribution is 0.0946. The highest BCUT2D eigenvalue weighted by atomic mass is 35.5. The van der Waals surface area contributed by atoms with Crippen molar-refractivity contribution in [2.45, 2.75) is 26.1 Å². The number of halogens is 2. The van der Waals surface area contributed by atoms with Crippen LogP contribution in [-0.2, 0) is 19.6 Å². The second kappa shape index (κ2) is 6.98. The third-order valence-corrected chi connectivity index (χ3v) is 3.48. The average molecular weight is 330 g/mol. The standard InChI is InChI=1S/C13H16ClN5O.ClH/c14-9-4-12(16-6-9)13(20)17-7-10-5-11-8-15-2-1-3-19(11)18-10;/h4-6,15-16H,1-3,7-8H2,(H,17,20);1H. The van der Waals surface area contributed by atoms with Crippen molar-refractivity contribution < 1.29 is 4.79 Å². The van der Waals surface area contributed by atoms with Crippen LogP contribution in [0.15, 0.2) is 18.3 Å². The van der Waals surface area contributed by atoms with Crippen molar-refractivity contribution in [2.75, 3.05) is 6.54 Å². The van der Waals surface area contributed by atoms with Crippen molar-refractivity contribution in [3.8, 4) is 0 Å². The second-order valence-electron chi connectivity index (χ2n) is 4.79. The van der Waals surface area contributed by atoms with Crippen LogP contribution in [0, 0.1) is 0 Å². The zero-order valence-electron chi connectivity index (χ0n) is 11.4. The molecule has 0 radical (unpaired) electrons. The molecule has 0 saturated heterocycles. The molecule has 0 spiro atoms. The first-order chi connectivity index (χ1) is 9.72. The summed E-state index contributed by atoms with van der Waals surface area (Å²) in [5.74, 6) is -0.182. The molecule has 2 aromatic heterocycles. The Balaban J connectivity index is 0.00000161. The van der Waals surface area contributed by atoms with Crippen molar-refractivity contribution >= 4 is 29.9 Å². The fourth-order valence-electron chi connectivity index (χ4n) is 2.27. The second-order valence-corrected chi connectivity index (χ2v) is 5.23. The molecule has 0 aliphatic carbocycles. The molecule has 1 aliphatic heterocycles. The Morgan fingerprint density at radius 3 is 3.10 bits per heavy atom. The van der Waals surface area contributed by atoms with Crippen LogP contribution in [0.25, 0.3) is 0 Å². The highest BCUT2D eigenvalue weighted by molar-refractivity contribution is 6.30. The van der Waals surface area contributed by atoms with Gasteiger partial charge in [-0.15, -0.1) is 12.4 Å². The summed E-state index contributed by atoms with van der Waals surface area (Å²) in [6.07, 6.45) is 2.66. The van der Waals surface area contributed by atoms with Gasteiger partial charge in [-0.1, -0.05) is 11.6 Å². The number of carbonyl (C=O) groups excluding carboxylic acids is 1. The Morgan fingerprint density at radius 1 is 1.48 bits per heavy atom. The maximum Gasteiger partial charge on any atom is 0.268 e. The van der Waals surface area contributed by atoms with Gasteiger partial charge in [-0.3, -0.25) is 9.48 Å². The van der Waals surface area contributed by atoms with E-state index in [9.17, 15) is 4.79 Å². The Labute approximate surface area is 133 Å². The van der Waals surface area contributed by atoms with Crippen LogP contribution >= 0.6 is 24.0 Å². The molecule has 8 heteroatoms. The van der Waals surface area contributed by atoms with Gasteiger partial charge >= 0.3 is 0 Å². The Bertz CT molecular complexity index is 598. The summed E-state index contributed by atoms with van der Waals surface area (Å²) in [5.41, 5.74) is 2.49. The topological polar surface area (TPSA) is 74.7 Å². The van der Waals surface area contributed by atoms with E-state index in [1.807, 2.05) is 10.7 Å². The molecule has 21 heavy (non-hydrogen) atoms.